The zero-order valence-corrected chi connectivity index (χ0v) is 15.0. The van der Waals surface area contributed by atoms with Crippen molar-refractivity contribution in [2.24, 2.45) is 28.7 Å². The molecule has 1 saturated heterocycles. The molecule has 138 valence electrons. The summed E-state index contributed by atoms with van der Waals surface area (Å²) in [5.41, 5.74) is 0. The average molecular weight is 348 g/mol. The fraction of sp³-hybridized carbons (Fsp3) is 0.722. The number of aliphatic imine (C=N–C) groups is 1. The van der Waals surface area contributed by atoms with Crippen LogP contribution in [-0.4, -0.2) is 62.6 Å². The Hall–Kier alpha value is -1.89. The van der Waals surface area contributed by atoms with Gasteiger partial charge in [0.05, 0.1) is 11.8 Å². The lowest BCUT2D eigenvalue weighted by Gasteiger charge is -2.18. The van der Waals surface area contributed by atoms with E-state index in [0.29, 0.717) is 32.2 Å². The summed E-state index contributed by atoms with van der Waals surface area (Å²) >= 11 is 0. The van der Waals surface area contributed by atoms with Gasteiger partial charge in [-0.25, -0.2) is 0 Å². The minimum absolute atomic E-state index is 0.00989. The van der Waals surface area contributed by atoms with Gasteiger partial charge in [0.15, 0.2) is 5.96 Å². The molecule has 2 fully saturated rings. The second-order valence-corrected chi connectivity index (χ2v) is 6.86. The molecule has 3 rings (SSSR count). The van der Waals surface area contributed by atoms with Gasteiger partial charge >= 0.3 is 0 Å². The van der Waals surface area contributed by atoms with Gasteiger partial charge in [-0.2, -0.15) is 0 Å². The van der Waals surface area contributed by atoms with Gasteiger partial charge < -0.3 is 15.4 Å². The first-order valence-corrected chi connectivity index (χ1v) is 9.22. The fourth-order valence-corrected chi connectivity index (χ4v) is 4.21. The van der Waals surface area contributed by atoms with E-state index in [9.17, 15) is 9.59 Å². The number of methoxy groups -OCH3 is 1. The molecule has 25 heavy (non-hydrogen) atoms. The Morgan fingerprint density at radius 1 is 1.24 bits per heavy atom. The first kappa shape index (κ1) is 17.9. The molecule has 2 bridgehead atoms. The molecule has 7 heteroatoms. The second-order valence-electron chi connectivity index (χ2n) is 6.86. The first-order chi connectivity index (χ1) is 12.2. The third kappa shape index (κ3) is 3.56. The van der Waals surface area contributed by atoms with Crippen molar-refractivity contribution in [1.82, 2.24) is 15.5 Å². The lowest BCUT2D eigenvalue weighted by atomic mass is 9.85. The van der Waals surface area contributed by atoms with Gasteiger partial charge in [0.1, 0.15) is 0 Å². The van der Waals surface area contributed by atoms with E-state index in [0.717, 1.165) is 19.4 Å². The van der Waals surface area contributed by atoms with Crippen molar-refractivity contribution in [1.29, 1.82) is 0 Å². The smallest absolute Gasteiger partial charge is 0.233 e. The minimum atomic E-state index is -0.113. The number of likely N-dealkylation sites (tertiary alicyclic amines) is 1. The SMILES string of the molecule is CCNC(=NCCCOC)NCCN1C(=O)C2C3C=CC(C3)C2C1=O. The van der Waals surface area contributed by atoms with Crippen LogP contribution >= 0.6 is 0 Å². The number of nitrogens with one attached hydrogen (secondary N) is 2. The molecule has 3 aliphatic rings. The van der Waals surface area contributed by atoms with E-state index in [1.54, 1.807) is 7.11 Å². The molecule has 4 unspecified atom stereocenters. The van der Waals surface area contributed by atoms with E-state index < -0.39 is 0 Å². The monoisotopic (exact) mass is 348 g/mol. The number of ether oxygens (including phenoxy) is 1. The molecule has 7 nitrogen and oxygen atoms in total. The Morgan fingerprint density at radius 3 is 2.52 bits per heavy atom. The maximum absolute atomic E-state index is 12.6. The highest BCUT2D eigenvalue weighted by molar-refractivity contribution is 6.06. The zero-order valence-electron chi connectivity index (χ0n) is 15.0. The van der Waals surface area contributed by atoms with E-state index in [2.05, 4.69) is 27.8 Å². The third-order valence-corrected chi connectivity index (χ3v) is 5.31. The van der Waals surface area contributed by atoms with Crippen molar-refractivity contribution < 1.29 is 14.3 Å². The maximum Gasteiger partial charge on any atom is 0.233 e. The van der Waals surface area contributed by atoms with Crippen LogP contribution in [0, 0.1) is 23.7 Å². The van der Waals surface area contributed by atoms with E-state index in [1.807, 2.05) is 6.92 Å². The van der Waals surface area contributed by atoms with Crippen LogP contribution in [0.4, 0.5) is 0 Å². The van der Waals surface area contributed by atoms with Gasteiger partial charge in [-0.3, -0.25) is 19.5 Å². The highest BCUT2D eigenvalue weighted by Gasteiger charge is 2.58. The Morgan fingerprint density at radius 2 is 1.92 bits per heavy atom. The van der Waals surface area contributed by atoms with Gasteiger partial charge in [0.25, 0.3) is 0 Å². The fourth-order valence-electron chi connectivity index (χ4n) is 4.21. The summed E-state index contributed by atoms with van der Waals surface area (Å²) < 4.78 is 5.02. The van der Waals surface area contributed by atoms with Crippen LogP contribution in [0.15, 0.2) is 17.1 Å². The van der Waals surface area contributed by atoms with E-state index in [1.165, 1.54) is 4.90 Å². The van der Waals surface area contributed by atoms with Crippen LogP contribution in [0.5, 0.6) is 0 Å². The quantitative estimate of drug-likeness (QED) is 0.218. The van der Waals surface area contributed by atoms with Crippen LogP contribution in [0.1, 0.15) is 19.8 Å². The number of imide groups is 1. The van der Waals surface area contributed by atoms with Crippen molar-refractivity contribution in [3.63, 3.8) is 0 Å². The lowest BCUT2D eigenvalue weighted by Crippen LogP contribution is -2.43. The molecule has 1 heterocycles. The number of carbonyl (C=O) groups is 2. The number of nitrogens with zero attached hydrogens (tertiary/aromatic N) is 2. The number of fused-ring (bicyclic) bond motifs is 5. The molecule has 1 saturated carbocycles. The van der Waals surface area contributed by atoms with Crippen molar-refractivity contribution in [3.8, 4) is 0 Å². The summed E-state index contributed by atoms with van der Waals surface area (Å²) in [6, 6.07) is 0. The summed E-state index contributed by atoms with van der Waals surface area (Å²) in [5.74, 6) is 1.04. The van der Waals surface area contributed by atoms with Crippen LogP contribution in [0.2, 0.25) is 0 Å². The van der Waals surface area contributed by atoms with Crippen molar-refractivity contribution in [2.45, 2.75) is 19.8 Å². The molecule has 4 atom stereocenters. The molecule has 2 aliphatic carbocycles. The Labute approximate surface area is 148 Å². The number of hydrogen-bond acceptors (Lipinski definition) is 4. The van der Waals surface area contributed by atoms with E-state index >= 15 is 0 Å². The van der Waals surface area contributed by atoms with Crippen molar-refractivity contribution >= 4 is 17.8 Å². The van der Waals surface area contributed by atoms with Gasteiger partial charge in [0.2, 0.25) is 11.8 Å². The Balaban J connectivity index is 1.50. The first-order valence-electron chi connectivity index (χ1n) is 9.22. The second kappa shape index (κ2) is 7.99. The topological polar surface area (TPSA) is 83.0 Å². The van der Waals surface area contributed by atoms with E-state index in [-0.39, 0.29) is 35.5 Å². The number of rotatable bonds is 8. The van der Waals surface area contributed by atoms with E-state index in [4.69, 9.17) is 4.74 Å². The number of hydrogen-bond donors (Lipinski definition) is 2. The summed E-state index contributed by atoms with van der Waals surface area (Å²) in [6.07, 6.45) is 6.07. The van der Waals surface area contributed by atoms with Crippen LogP contribution in [0.3, 0.4) is 0 Å². The summed E-state index contributed by atoms with van der Waals surface area (Å²) in [7, 11) is 1.67. The standard InChI is InChI=1S/C18H28N4O3/c1-3-19-18(20-7-4-10-25-2)21-8-9-22-16(23)14-12-5-6-13(11-12)15(14)17(22)24/h5-6,12-15H,3-4,7-11H2,1-2H3,(H2,19,20,21). The predicted octanol–water partition coefficient (Wildman–Crippen LogP) is 0.385. The molecule has 2 amide bonds. The van der Waals surface area contributed by atoms with Crippen LogP contribution < -0.4 is 10.6 Å². The van der Waals surface area contributed by atoms with Gasteiger partial charge in [0, 0.05) is 39.9 Å². The number of amides is 2. The minimum Gasteiger partial charge on any atom is -0.385 e. The van der Waals surface area contributed by atoms with Crippen molar-refractivity contribution in [3.05, 3.63) is 12.2 Å². The van der Waals surface area contributed by atoms with Crippen LogP contribution in [0.25, 0.3) is 0 Å². The largest absolute Gasteiger partial charge is 0.385 e. The molecule has 0 aromatic carbocycles. The predicted molar refractivity (Wildman–Crippen MR) is 94.9 cm³/mol. The molecule has 0 spiro atoms. The molecule has 0 radical (unpaired) electrons. The molecular formula is C18H28N4O3. The summed E-state index contributed by atoms with van der Waals surface area (Å²) in [5, 5.41) is 6.38. The maximum atomic E-state index is 12.6. The van der Waals surface area contributed by atoms with Gasteiger partial charge in [-0.15, -0.1) is 0 Å². The highest BCUT2D eigenvalue weighted by atomic mass is 16.5. The molecule has 2 N–H and O–H groups in total. The Bertz CT molecular complexity index is 545. The van der Waals surface area contributed by atoms with Crippen molar-refractivity contribution in [2.75, 3.05) is 39.9 Å². The molecular weight excluding hydrogens is 320 g/mol. The average Bonchev–Trinajstić information content (AvgIpc) is 3.28. The summed E-state index contributed by atoms with van der Waals surface area (Å²) in [4.78, 5) is 31.1. The molecule has 0 aromatic rings. The highest BCUT2D eigenvalue weighted by Crippen LogP contribution is 2.52. The normalized spacial score (nSPS) is 30.3. The summed E-state index contributed by atoms with van der Waals surface area (Å²) in [6.45, 7) is 5.02. The third-order valence-electron chi connectivity index (χ3n) is 5.31. The molecule has 1 aliphatic heterocycles. The molecule has 0 aromatic heterocycles. The van der Waals surface area contributed by atoms with Crippen LogP contribution in [-0.2, 0) is 14.3 Å². The van der Waals surface area contributed by atoms with Gasteiger partial charge in [-0.1, -0.05) is 12.2 Å². The zero-order chi connectivity index (χ0) is 17.8. The number of guanidine groups is 1. The van der Waals surface area contributed by atoms with Gasteiger partial charge in [-0.05, 0) is 31.6 Å². The Kier molecular flexibility index (Phi) is 5.73. The number of carbonyl (C=O) groups excluding carboxylic acids is 2. The lowest BCUT2D eigenvalue weighted by molar-refractivity contribution is -0.140. The number of allylic oxidation sites excluding steroid dienone is 2.